The quantitative estimate of drug-likeness (QED) is 0.937. The van der Waals surface area contributed by atoms with Gasteiger partial charge < -0.3 is 10.1 Å². The fraction of sp³-hybridized carbons (Fsp3) is 0.533. The molecule has 0 aromatic carbocycles. The van der Waals surface area contributed by atoms with E-state index in [0.717, 1.165) is 28.3 Å². The van der Waals surface area contributed by atoms with Gasteiger partial charge in [-0.1, -0.05) is 13.8 Å². The van der Waals surface area contributed by atoms with E-state index in [1.54, 1.807) is 11.8 Å². The summed E-state index contributed by atoms with van der Waals surface area (Å²) in [7, 11) is 5.36. The SMILES string of the molecule is CNc1nc(-c2c(C)nn(C)c2OC)nc(C)c1C(C)C. The first-order valence-electron chi connectivity index (χ1n) is 7.04. The summed E-state index contributed by atoms with van der Waals surface area (Å²) in [4.78, 5) is 9.34. The van der Waals surface area contributed by atoms with Crippen molar-refractivity contribution in [2.75, 3.05) is 19.5 Å². The van der Waals surface area contributed by atoms with E-state index in [0.29, 0.717) is 17.6 Å². The van der Waals surface area contributed by atoms with Crippen molar-refractivity contribution < 1.29 is 4.74 Å². The number of aromatic nitrogens is 4. The number of ether oxygens (including phenoxy) is 1. The zero-order valence-electron chi connectivity index (χ0n) is 13.8. The molecule has 0 saturated carbocycles. The molecule has 0 spiro atoms. The fourth-order valence-electron chi connectivity index (χ4n) is 2.70. The van der Waals surface area contributed by atoms with E-state index < -0.39 is 0 Å². The number of nitrogens with zero attached hydrogens (tertiary/aromatic N) is 4. The Balaban J connectivity index is 2.69. The molecule has 2 aromatic rings. The van der Waals surface area contributed by atoms with Gasteiger partial charge in [-0.3, -0.25) is 0 Å². The summed E-state index contributed by atoms with van der Waals surface area (Å²) in [5.74, 6) is 2.53. The lowest BCUT2D eigenvalue weighted by Crippen LogP contribution is -2.07. The van der Waals surface area contributed by atoms with Gasteiger partial charge in [-0.2, -0.15) is 5.10 Å². The predicted molar refractivity (Wildman–Crippen MR) is 83.9 cm³/mol. The summed E-state index contributed by atoms with van der Waals surface area (Å²) < 4.78 is 7.15. The van der Waals surface area contributed by atoms with Gasteiger partial charge in [-0.15, -0.1) is 0 Å². The van der Waals surface area contributed by atoms with E-state index in [1.165, 1.54) is 0 Å². The molecule has 0 aliphatic rings. The lowest BCUT2D eigenvalue weighted by molar-refractivity contribution is 0.374. The number of methoxy groups -OCH3 is 1. The van der Waals surface area contributed by atoms with Crippen LogP contribution in [0.2, 0.25) is 0 Å². The maximum absolute atomic E-state index is 5.44. The average Bonchev–Trinajstić information content (AvgIpc) is 2.70. The predicted octanol–water partition coefficient (Wildman–Crippen LogP) is 2.67. The molecule has 2 aromatic heterocycles. The Labute approximate surface area is 125 Å². The highest BCUT2D eigenvalue weighted by Gasteiger charge is 2.21. The molecule has 0 atom stereocenters. The second kappa shape index (κ2) is 5.71. The number of hydrogen-bond acceptors (Lipinski definition) is 5. The Kier molecular flexibility index (Phi) is 4.16. The molecule has 0 amide bonds. The van der Waals surface area contributed by atoms with Gasteiger partial charge in [-0.05, 0) is 19.8 Å². The summed E-state index contributed by atoms with van der Waals surface area (Å²) in [5.41, 5.74) is 3.81. The van der Waals surface area contributed by atoms with E-state index >= 15 is 0 Å². The van der Waals surface area contributed by atoms with Gasteiger partial charge in [-0.25, -0.2) is 14.6 Å². The van der Waals surface area contributed by atoms with E-state index in [9.17, 15) is 0 Å². The minimum absolute atomic E-state index is 0.360. The summed E-state index contributed by atoms with van der Waals surface area (Å²) in [6, 6.07) is 0. The highest BCUT2D eigenvalue weighted by atomic mass is 16.5. The summed E-state index contributed by atoms with van der Waals surface area (Å²) >= 11 is 0. The standard InChI is InChI=1S/C15H23N5O/c1-8(2)11-9(3)17-14(18-13(11)16-5)12-10(4)19-20(6)15(12)21-7/h8H,1-7H3,(H,16,17,18). The van der Waals surface area contributed by atoms with Crippen molar-refractivity contribution in [3.05, 3.63) is 17.0 Å². The summed E-state index contributed by atoms with van der Waals surface area (Å²) in [6.45, 7) is 8.23. The first kappa shape index (κ1) is 15.3. The first-order valence-corrected chi connectivity index (χ1v) is 7.04. The Morgan fingerprint density at radius 1 is 1.14 bits per heavy atom. The van der Waals surface area contributed by atoms with Crippen LogP contribution in [0.1, 0.15) is 36.7 Å². The van der Waals surface area contributed by atoms with Gasteiger partial charge in [0.1, 0.15) is 11.4 Å². The molecule has 114 valence electrons. The molecule has 6 heteroatoms. The highest BCUT2D eigenvalue weighted by Crippen LogP contribution is 2.33. The number of rotatable bonds is 4. The minimum Gasteiger partial charge on any atom is -0.481 e. The summed E-state index contributed by atoms with van der Waals surface area (Å²) in [5, 5.41) is 7.56. The molecule has 0 aliphatic heterocycles. The Hall–Kier alpha value is -2.11. The molecule has 6 nitrogen and oxygen atoms in total. The lowest BCUT2D eigenvalue weighted by Gasteiger charge is -2.15. The van der Waals surface area contributed by atoms with Crippen molar-refractivity contribution in [3.8, 4) is 17.3 Å². The number of aryl methyl sites for hydroxylation is 3. The van der Waals surface area contributed by atoms with Crippen LogP contribution in [0.5, 0.6) is 5.88 Å². The zero-order chi connectivity index (χ0) is 15.7. The summed E-state index contributed by atoms with van der Waals surface area (Å²) in [6.07, 6.45) is 0. The molecule has 2 rings (SSSR count). The van der Waals surface area contributed by atoms with Crippen molar-refractivity contribution in [1.82, 2.24) is 19.7 Å². The minimum atomic E-state index is 0.360. The van der Waals surface area contributed by atoms with Gasteiger partial charge >= 0.3 is 0 Å². The fourth-order valence-corrected chi connectivity index (χ4v) is 2.70. The number of nitrogens with one attached hydrogen (secondary N) is 1. The van der Waals surface area contributed by atoms with Gasteiger partial charge in [0.15, 0.2) is 5.82 Å². The monoisotopic (exact) mass is 289 g/mol. The van der Waals surface area contributed by atoms with E-state index in [-0.39, 0.29) is 0 Å². The second-order valence-electron chi connectivity index (χ2n) is 5.39. The lowest BCUT2D eigenvalue weighted by atomic mass is 10.0. The molecule has 0 radical (unpaired) electrons. The largest absolute Gasteiger partial charge is 0.481 e. The van der Waals surface area contributed by atoms with Gasteiger partial charge in [0.05, 0.1) is 12.8 Å². The van der Waals surface area contributed by atoms with Crippen LogP contribution in [0.3, 0.4) is 0 Å². The molecule has 0 unspecified atom stereocenters. The van der Waals surface area contributed by atoms with Crippen molar-refractivity contribution in [3.63, 3.8) is 0 Å². The second-order valence-corrected chi connectivity index (χ2v) is 5.39. The zero-order valence-corrected chi connectivity index (χ0v) is 13.8. The Morgan fingerprint density at radius 3 is 2.33 bits per heavy atom. The van der Waals surface area contributed by atoms with Crippen LogP contribution in [0.25, 0.3) is 11.4 Å². The maximum Gasteiger partial charge on any atom is 0.222 e. The van der Waals surface area contributed by atoms with Gasteiger partial charge in [0.2, 0.25) is 5.88 Å². The highest BCUT2D eigenvalue weighted by molar-refractivity contribution is 5.67. The Morgan fingerprint density at radius 2 is 1.81 bits per heavy atom. The third-order valence-corrected chi connectivity index (χ3v) is 3.54. The number of anilines is 1. The van der Waals surface area contributed by atoms with Crippen molar-refractivity contribution in [2.24, 2.45) is 7.05 Å². The van der Waals surface area contributed by atoms with Crippen LogP contribution in [-0.4, -0.2) is 33.9 Å². The average molecular weight is 289 g/mol. The molecule has 0 saturated heterocycles. The smallest absolute Gasteiger partial charge is 0.222 e. The van der Waals surface area contributed by atoms with Crippen molar-refractivity contribution in [1.29, 1.82) is 0 Å². The van der Waals surface area contributed by atoms with Crippen LogP contribution >= 0.6 is 0 Å². The molecular formula is C15H23N5O. The van der Waals surface area contributed by atoms with E-state index in [2.05, 4.69) is 34.2 Å². The molecule has 1 N–H and O–H groups in total. The van der Waals surface area contributed by atoms with Crippen LogP contribution in [0.4, 0.5) is 5.82 Å². The van der Waals surface area contributed by atoms with Gasteiger partial charge in [0.25, 0.3) is 0 Å². The maximum atomic E-state index is 5.44. The first-order chi connectivity index (χ1) is 9.90. The van der Waals surface area contributed by atoms with Crippen LogP contribution in [0, 0.1) is 13.8 Å². The third-order valence-electron chi connectivity index (χ3n) is 3.54. The molecule has 21 heavy (non-hydrogen) atoms. The molecule has 0 aliphatic carbocycles. The van der Waals surface area contributed by atoms with E-state index in [4.69, 9.17) is 4.74 Å². The van der Waals surface area contributed by atoms with Crippen molar-refractivity contribution >= 4 is 5.82 Å². The van der Waals surface area contributed by atoms with Crippen LogP contribution in [-0.2, 0) is 7.05 Å². The van der Waals surface area contributed by atoms with Crippen LogP contribution < -0.4 is 10.1 Å². The van der Waals surface area contributed by atoms with Crippen LogP contribution in [0.15, 0.2) is 0 Å². The number of hydrogen-bond donors (Lipinski definition) is 1. The molecule has 2 heterocycles. The molecular weight excluding hydrogens is 266 g/mol. The molecule has 0 bridgehead atoms. The third kappa shape index (κ3) is 2.57. The van der Waals surface area contributed by atoms with Gasteiger partial charge in [0, 0.05) is 25.4 Å². The molecule has 0 fully saturated rings. The normalized spacial score (nSPS) is 11.0. The Bertz CT molecular complexity index is 661. The van der Waals surface area contributed by atoms with Crippen molar-refractivity contribution in [2.45, 2.75) is 33.6 Å². The van der Waals surface area contributed by atoms with E-state index in [1.807, 2.05) is 27.9 Å². The topological polar surface area (TPSA) is 64.9 Å².